The van der Waals surface area contributed by atoms with Crippen molar-refractivity contribution in [3.63, 3.8) is 0 Å². The van der Waals surface area contributed by atoms with Crippen molar-refractivity contribution >= 4 is 17.6 Å². The van der Waals surface area contributed by atoms with Gasteiger partial charge in [-0.3, -0.25) is 9.69 Å². The van der Waals surface area contributed by atoms with Gasteiger partial charge in [0, 0.05) is 24.8 Å². The van der Waals surface area contributed by atoms with Crippen LogP contribution in [0.1, 0.15) is 36.0 Å². The number of carboxylic acid groups (broad SMARTS) is 1. The third-order valence-electron chi connectivity index (χ3n) is 6.89. The second kappa shape index (κ2) is 10.7. The number of benzene rings is 2. The molecule has 0 aromatic heterocycles. The van der Waals surface area contributed by atoms with Crippen LogP contribution in [0.4, 0.5) is 18.9 Å². The molecular formula is C26H29F3N2O4. The van der Waals surface area contributed by atoms with Crippen molar-refractivity contribution in [3.05, 3.63) is 59.2 Å². The number of amides is 1. The first-order chi connectivity index (χ1) is 16.7. The Morgan fingerprint density at radius 3 is 2.34 bits per heavy atom. The fraction of sp³-hybridized carbons (Fsp3) is 0.462. The Bertz CT molecular complexity index is 1070. The van der Waals surface area contributed by atoms with Gasteiger partial charge in [0.2, 0.25) is 5.91 Å². The van der Waals surface area contributed by atoms with Gasteiger partial charge in [-0.25, -0.2) is 4.79 Å². The molecule has 0 spiro atoms. The summed E-state index contributed by atoms with van der Waals surface area (Å²) in [4.78, 5) is 24.4. The van der Waals surface area contributed by atoms with Gasteiger partial charge in [-0.15, -0.1) is 0 Å². The van der Waals surface area contributed by atoms with Crippen molar-refractivity contribution in [2.75, 3.05) is 25.0 Å². The number of anilines is 1. The number of ether oxygens (including phenoxy) is 1. The van der Waals surface area contributed by atoms with E-state index in [-0.39, 0.29) is 11.8 Å². The molecule has 1 fully saturated rings. The van der Waals surface area contributed by atoms with Crippen molar-refractivity contribution in [2.45, 2.75) is 50.7 Å². The average Bonchev–Trinajstić information content (AvgIpc) is 3.00. The molecule has 1 aliphatic carbocycles. The molecule has 0 bridgehead atoms. The highest BCUT2D eigenvalue weighted by Gasteiger charge is 2.38. The molecule has 1 saturated carbocycles. The summed E-state index contributed by atoms with van der Waals surface area (Å²) >= 11 is 0. The highest BCUT2D eigenvalue weighted by atomic mass is 19.4. The minimum Gasteiger partial charge on any atom is -0.492 e. The van der Waals surface area contributed by atoms with E-state index >= 15 is 0 Å². The molecule has 2 aromatic rings. The molecule has 9 heteroatoms. The Kier molecular flexibility index (Phi) is 7.64. The zero-order valence-electron chi connectivity index (χ0n) is 19.3. The van der Waals surface area contributed by atoms with E-state index in [1.54, 1.807) is 0 Å². The van der Waals surface area contributed by atoms with Crippen molar-refractivity contribution in [1.82, 2.24) is 4.90 Å². The predicted octanol–water partition coefficient (Wildman–Crippen LogP) is 4.46. The topological polar surface area (TPSA) is 78.9 Å². The number of alkyl halides is 3. The molecule has 188 valence electrons. The largest absolute Gasteiger partial charge is 0.492 e. The normalized spacial score (nSPS) is 20.0. The van der Waals surface area contributed by atoms with Gasteiger partial charge in [0.25, 0.3) is 0 Å². The van der Waals surface area contributed by atoms with Crippen molar-refractivity contribution in [1.29, 1.82) is 0 Å². The highest BCUT2D eigenvalue weighted by Crippen LogP contribution is 2.30. The van der Waals surface area contributed by atoms with E-state index in [0.717, 1.165) is 48.8 Å². The number of carbonyl (C=O) groups excluding carboxylic acids is 1. The second-order valence-corrected chi connectivity index (χ2v) is 9.22. The molecule has 0 radical (unpaired) electrons. The Balaban J connectivity index is 0.000000364. The van der Waals surface area contributed by atoms with Crippen molar-refractivity contribution < 1.29 is 32.6 Å². The lowest BCUT2D eigenvalue weighted by Crippen LogP contribution is -2.41. The van der Waals surface area contributed by atoms with E-state index in [9.17, 15) is 18.0 Å². The first kappa shape index (κ1) is 25.0. The molecule has 2 heterocycles. The maximum absolute atomic E-state index is 12.8. The summed E-state index contributed by atoms with van der Waals surface area (Å²) in [6, 6.07) is 15.3. The molecule has 5 rings (SSSR count). The van der Waals surface area contributed by atoms with Crippen LogP contribution in [-0.4, -0.2) is 53.8 Å². The lowest BCUT2D eigenvalue weighted by atomic mass is 9.91. The van der Waals surface area contributed by atoms with Gasteiger partial charge >= 0.3 is 12.1 Å². The minimum absolute atomic E-state index is 0.0548. The van der Waals surface area contributed by atoms with Crippen molar-refractivity contribution in [2.24, 2.45) is 5.92 Å². The molecule has 3 aliphatic rings. The van der Waals surface area contributed by atoms with Gasteiger partial charge in [0.05, 0.1) is 5.92 Å². The summed E-state index contributed by atoms with van der Waals surface area (Å²) in [7, 11) is 0. The number of halogens is 3. The molecule has 1 atom stereocenters. The quantitative estimate of drug-likeness (QED) is 0.664. The lowest BCUT2D eigenvalue weighted by molar-refractivity contribution is -0.192. The van der Waals surface area contributed by atoms with Crippen LogP contribution in [0.3, 0.4) is 0 Å². The van der Waals surface area contributed by atoms with Crippen LogP contribution in [0.15, 0.2) is 42.5 Å². The molecule has 2 aromatic carbocycles. The predicted molar refractivity (Wildman–Crippen MR) is 125 cm³/mol. The maximum Gasteiger partial charge on any atom is 0.490 e. The van der Waals surface area contributed by atoms with Crippen LogP contribution in [0, 0.1) is 5.92 Å². The van der Waals surface area contributed by atoms with Crippen LogP contribution in [-0.2, 0) is 28.9 Å². The fourth-order valence-electron chi connectivity index (χ4n) is 4.68. The Morgan fingerprint density at radius 2 is 1.69 bits per heavy atom. The number of nitrogens with one attached hydrogen (secondary N) is 1. The van der Waals surface area contributed by atoms with Gasteiger partial charge < -0.3 is 15.2 Å². The molecule has 1 unspecified atom stereocenters. The van der Waals surface area contributed by atoms with E-state index in [1.165, 1.54) is 36.9 Å². The van der Waals surface area contributed by atoms with Crippen LogP contribution >= 0.6 is 0 Å². The van der Waals surface area contributed by atoms with Gasteiger partial charge in [-0.2, -0.15) is 13.2 Å². The third-order valence-corrected chi connectivity index (χ3v) is 6.89. The van der Waals surface area contributed by atoms with Crippen LogP contribution in [0.2, 0.25) is 0 Å². The Hall–Kier alpha value is -3.07. The molecular weight excluding hydrogens is 461 g/mol. The van der Waals surface area contributed by atoms with E-state index in [1.807, 2.05) is 24.3 Å². The van der Waals surface area contributed by atoms with Crippen LogP contribution in [0.25, 0.3) is 0 Å². The van der Waals surface area contributed by atoms with Gasteiger partial charge in [0.15, 0.2) is 0 Å². The first-order valence-electron chi connectivity index (χ1n) is 11.9. The van der Waals surface area contributed by atoms with Gasteiger partial charge in [-0.1, -0.05) is 30.7 Å². The number of fused-ring (bicyclic) bond motifs is 2. The number of nitrogens with zero attached hydrogens (tertiary/aromatic N) is 1. The lowest BCUT2D eigenvalue weighted by Gasteiger charge is -2.36. The minimum atomic E-state index is -5.08. The number of hydrogen-bond acceptors (Lipinski definition) is 4. The van der Waals surface area contributed by atoms with E-state index in [4.69, 9.17) is 14.6 Å². The number of rotatable bonds is 3. The molecule has 1 amide bonds. The van der Waals surface area contributed by atoms with Crippen molar-refractivity contribution in [3.8, 4) is 5.75 Å². The highest BCUT2D eigenvalue weighted by molar-refractivity contribution is 5.93. The second-order valence-electron chi connectivity index (χ2n) is 9.22. The summed E-state index contributed by atoms with van der Waals surface area (Å²) in [5, 5.41) is 10.3. The summed E-state index contributed by atoms with van der Waals surface area (Å²) in [5.74, 6) is -1.93. The monoisotopic (exact) mass is 490 g/mol. The Labute approximate surface area is 202 Å². The number of carbonyl (C=O) groups is 2. The number of aliphatic carboxylic acids is 1. The van der Waals surface area contributed by atoms with Crippen LogP contribution in [0.5, 0.6) is 5.75 Å². The third kappa shape index (κ3) is 6.33. The molecule has 0 saturated heterocycles. The number of para-hydroxylation sites is 1. The zero-order valence-corrected chi connectivity index (χ0v) is 19.3. The Morgan fingerprint density at radius 1 is 1.00 bits per heavy atom. The summed E-state index contributed by atoms with van der Waals surface area (Å²) in [6.07, 6.45) is 1.97. The van der Waals surface area contributed by atoms with E-state index < -0.39 is 12.1 Å². The summed E-state index contributed by atoms with van der Waals surface area (Å²) < 4.78 is 37.5. The number of hydrogen-bond donors (Lipinski definition) is 2. The smallest absolute Gasteiger partial charge is 0.490 e. The fourth-order valence-corrected chi connectivity index (χ4v) is 4.68. The number of carboxylic acids is 1. The van der Waals surface area contributed by atoms with Gasteiger partial charge in [-0.05, 0) is 67.0 Å². The van der Waals surface area contributed by atoms with E-state index in [2.05, 4.69) is 28.4 Å². The molecule has 2 aliphatic heterocycles. The summed E-state index contributed by atoms with van der Waals surface area (Å²) in [5.41, 5.74) is 4.87. The SMILES string of the molecule is O=C(Nc1ccc2c(c1)CCN(C1CCC1)CC2)C1COc2ccccc2C1.O=C(O)C(F)(F)F. The van der Waals surface area contributed by atoms with Crippen LogP contribution < -0.4 is 10.1 Å². The van der Waals surface area contributed by atoms with E-state index in [0.29, 0.717) is 6.61 Å². The maximum atomic E-state index is 12.8. The average molecular weight is 491 g/mol. The molecule has 35 heavy (non-hydrogen) atoms. The zero-order chi connectivity index (χ0) is 25.0. The first-order valence-corrected chi connectivity index (χ1v) is 11.9. The van der Waals surface area contributed by atoms with Gasteiger partial charge in [0.1, 0.15) is 12.4 Å². The summed E-state index contributed by atoms with van der Waals surface area (Å²) in [6.45, 7) is 2.76. The molecule has 2 N–H and O–H groups in total. The molecule has 6 nitrogen and oxygen atoms in total. The standard InChI is InChI=1S/C24H28N2O2.C2HF3O2/c27-24(20-14-19-4-1-2-7-23(19)28-16-20)25-21-9-8-17-10-12-26(22-5-3-6-22)13-11-18(17)15-21;3-2(4,5)1(6)7/h1-2,4,7-9,15,20,22H,3,5-6,10-14,16H2,(H,25,27);(H,6,7).